The molecule has 0 aromatic heterocycles. The minimum Gasteiger partial charge on any atom is -0.306 e. The monoisotopic (exact) mass is 248 g/mol. The minimum atomic E-state index is -0.108. The zero-order chi connectivity index (χ0) is 12.6. The molecule has 0 radical (unpaired) electrons. The van der Waals surface area contributed by atoms with Crippen molar-refractivity contribution in [2.24, 2.45) is 0 Å². The lowest BCUT2D eigenvalue weighted by Gasteiger charge is -2.15. The van der Waals surface area contributed by atoms with Gasteiger partial charge in [-0.3, -0.25) is 9.63 Å². The summed E-state index contributed by atoms with van der Waals surface area (Å²) in [5, 5.41) is 3.24. The van der Waals surface area contributed by atoms with E-state index in [1.54, 1.807) is 0 Å². The van der Waals surface area contributed by atoms with Crippen LogP contribution in [0.1, 0.15) is 31.2 Å². The van der Waals surface area contributed by atoms with Crippen molar-refractivity contribution in [2.75, 3.05) is 6.54 Å². The van der Waals surface area contributed by atoms with E-state index in [-0.39, 0.29) is 11.9 Å². The summed E-state index contributed by atoms with van der Waals surface area (Å²) in [5.41, 5.74) is 3.57. The molecule has 4 nitrogen and oxygen atoms in total. The number of carbonyl (C=O) groups is 1. The van der Waals surface area contributed by atoms with Gasteiger partial charge in [0, 0.05) is 0 Å². The number of amides is 1. The average Bonchev–Trinajstić information content (AvgIpc) is 2.69. The van der Waals surface area contributed by atoms with Crippen molar-refractivity contribution < 1.29 is 9.63 Å². The van der Waals surface area contributed by atoms with Gasteiger partial charge < -0.3 is 5.32 Å². The molecule has 1 fully saturated rings. The second-order valence-corrected chi connectivity index (χ2v) is 4.60. The van der Waals surface area contributed by atoms with Gasteiger partial charge in [0.2, 0.25) is 0 Å². The fraction of sp³-hybridized carbons (Fsp3) is 0.500. The van der Waals surface area contributed by atoms with Crippen LogP contribution in [-0.2, 0) is 16.2 Å². The predicted molar refractivity (Wildman–Crippen MR) is 69.6 cm³/mol. The maximum atomic E-state index is 11.8. The van der Waals surface area contributed by atoms with Gasteiger partial charge in [-0.1, -0.05) is 43.2 Å². The number of nitrogens with one attached hydrogen (secondary N) is 2. The summed E-state index contributed by atoms with van der Waals surface area (Å²) in [7, 11) is 0. The van der Waals surface area contributed by atoms with E-state index >= 15 is 0 Å². The Morgan fingerprint density at radius 1 is 1.28 bits per heavy atom. The van der Waals surface area contributed by atoms with E-state index in [1.807, 2.05) is 30.3 Å². The maximum Gasteiger partial charge on any atom is 0.260 e. The van der Waals surface area contributed by atoms with Gasteiger partial charge in [-0.05, 0) is 24.9 Å². The molecule has 1 aromatic rings. The van der Waals surface area contributed by atoms with Crippen LogP contribution >= 0.6 is 0 Å². The molecule has 0 bridgehead atoms. The van der Waals surface area contributed by atoms with Gasteiger partial charge in [-0.2, -0.15) is 0 Å². The molecule has 1 aliphatic heterocycles. The lowest BCUT2D eigenvalue weighted by Crippen LogP contribution is -2.43. The van der Waals surface area contributed by atoms with E-state index in [1.165, 1.54) is 6.42 Å². The molecule has 1 atom stereocenters. The molecule has 4 heteroatoms. The fourth-order valence-electron chi connectivity index (χ4n) is 2.09. The second kappa shape index (κ2) is 7.13. The summed E-state index contributed by atoms with van der Waals surface area (Å²) in [4.78, 5) is 17.1. The van der Waals surface area contributed by atoms with E-state index in [9.17, 15) is 4.79 Å². The number of hydrogen-bond donors (Lipinski definition) is 2. The van der Waals surface area contributed by atoms with Crippen LogP contribution in [0.15, 0.2) is 30.3 Å². The van der Waals surface area contributed by atoms with E-state index in [2.05, 4.69) is 10.8 Å². The average molecular weight is 248 g/mol. The van der Waals surface area contributed by atoms with Crippen LogP contribution in [0, 0.1) is 0 Å². The highest BCUT2D eigenvalue weighted by atomic mass is 16.6. The molecular formula is C14H20N2O2. The lowest BCUT2D eigenvalue weighted by atomic mass is 10.1. The SMILES string of the molecule is O=C(NOCc1ccccc1)C1CCCCCN1. The Labute approximate surface area is 108 Å². The van der Waals surface area contributed by atoms with Crippen LogP contribution in [0.25, 0.3) is 0 Å². The van der Waals surface area contributed by atoms with Crippen LogP contribution in [0.2, 0.25) is 0 Å². The van der Waals surface area contributed by atoms with E-state index in [0.29, 0.717) is 6.61 Å². The van der Waals surface area contributed by atoms with Gasteiger partial charge in [0.1, 0.15) is 0 Å². The number of rotatable bonds is 4. The first-order valence-electron chi connectivity index (χ1n) is 6.55. The van der Waals surface area contributed by atoms with Crippen molar-refractivity contribution in [3.05, 3.63) is 35.9 Å². The molecule has 18 heavy (non-hydrogen) atoms. The smallest absolute Gasteiger partial charge is 0.260 e. The van der Waals surface area contributed by atoms with Crippen molar-refractivity contribution in [3.63, 3.8) is 0 Å². The number of benzene rings is 1. The van der Waals surface area contributed by atoms with Crippen molar-refractivity contribution in [1.29, 1.82) is 0 Å². The Morgan fingerprint density at radius 2 is 2.11 bits per heavy atom. The Hall–Kier alpha value is -1.39. The molecule has 98 valence electrons. The zero-order valence-electron chi connectivity index (χ0n) is 10.5. The molecule has 1 saturated heterocycles. The molecule has 1 amide bonds. The quantitative estimate of drug-likeness (QED) is 0.798. The van der Waals surface area contributed by atoms with Gasteiger partial charge in [-0.25, -0.2) is 5.48 Å². The Bertz CT molecular complexity index is 359. The van der Waals surface area contributed by atoms with Gasteiger partial charge in [0.05, 0.1) is 12.6 Å². The molecule has 2 N–H and O–H groups in total. The van der Waals surface area contributed by atoms with Crippen molar-refractivity contribution in [3.8, 4) is 0 Å². The van der Waals surface area contributed by atoms with Crippen molar-refractivity contribution in [2.45, 2.75) is 38.3 Å². The molecule has 0 saturated carbocycles. The largest absolute Gasteiger partial charge is 0.306 e. The summed E-state index contributed by atoms with van der Waals surface area (Å²) >= 11 is 0. The summed E-state index contributed by atoms with van der Waals surface area (Å²) in [6.45, 7) is 1.32. The predicted octanol–water partition coefficient (Wildman–Crippen LogP) is 1.77. The van der Waals surface area contributed by atoms with Crippen LogP contribution in [0.5, 0.6) is 0 Å². The van der Waals surface area contributed by atoms with Crippen molar-refractivity contribution in [1.82, 2.24) is 10.8 Å². The highest BCUT2D eigenvalue weighted by molar-refractivity contribution is 5.80. The molecule has 1 unspecified atom stereocenters. The molecule has 2 rings (SSSR count). The third-order valence-corrected chi connectivity index (χ3v) is 3.13. The lowest BCUT2D eigenvalue weighted by molar-refractivity contribution is -0.136. The summed E-state index contributed by atoms with van der Waals surface area (Å²) in [5.74, 6) is -0.0622. The summed E-state index contributed by atoms with van der Waals surface area (Å²) < 4.78 is 0. The number of hydrogen-bond acceptors (Lipinski definition) is 3. The number of hydroxylamine groups is 1. The molecule has 1 aromatic carbocycles. The topological polar surface area (TPSA) is 50.4 Å². The van der Waals surface area contributed by atoms with Crippen LogP contribution in [-0.4, -0.2) is 18.5 Å². The van der Waals surface area contributed by atoms with Crippen LogP contribution in [0.3, 0.4) is 0 Å². The zero-order valence-corrected chi connectivity index (χ0v) is 10.5. The molecule has 0 aliphatic carbocycles. The van der Waals surface area contributed by atoms with E-state index < -0.39 is 0 Å². The standard InChI is InChI=1S/C14H20N2O2/c17-14(13-9-5-2-6-10-15-13)16-18-11-12-7-3-1-4-8-12/h1,3-4,7-8,13,15H,2,5-6,9-11H2,(H,16,17). The minimum absolute atomic E-state index is 0.0622. The molecular weight excluding hydrogens is 228 g/mol. The molecule has 1 heterocycles. The highest BCUT2D eigenvalue weighted by Gasteiger charge is 2.19. The molecule has 0 spiro atoms. The van der Waals surface area contributed by atoms with Crippen LogP contribution < -0.4 is 10.8 Å². The highest BCUT2D eigenvalue weighted by Crippen LogP contribution is 2.08. The van der Waals surface area contributed by atoms with Crippen LogP contribution in [0.4, 0.5) is 0 Å². The van der Waals surface area contributed by atoms with Gasteiger partial charge in [0.15, 0.2) is 0 Å². The van der Waals surface area contributed by atoms with Crippen molar-refractivity contribution >= 4 is 5.91 Å². The maximum absolute atomic E-state index is 11.8. The number of carbonyl (C=O) groups excluding carboxylic acids is 1. The Morgan fingerprint density at radius 3 is 2.94 bits per heavy atom. The van der Waals surface area contributed by atoms with E-state index in [0.717, 1.165) is 31.4 Å². The third-order valence-electron chi connectivity index (χ3n) is 3.13. The summed E-state index contributed by atoms with van der Waals surface area (Å²) in [6.07, 6.45) is 4.33. The summed E-state index contributed by atoms with van der Waals surface area (Å²) in [6, 6.07) is 9.69. The Balaban J connectivity index is 1.71. The Kier molecular flexibility index (Phi) is 5.17. The van der Waals surface area contributed by atoms with E-state index in [4.69, 9.17) is 4.84 Å². The third kappa shape index (κ3) is 4.13. The first-order valence-corrected chi connectivity index (χ1v) is 6.55. The normalized spacial score (nSPS) is 20.1. The molecule has 1 aliphatic rings. The first-order chi connectivity index (χ1) is 8.86. The van der Waals surface area contributed by atoms with Gasteiger partial charge in [-0.15, -0.1) is 0 Å². The van der Waals surface area contributed by atoms with Gasteiger partial charge in [0.25, 0.3) is 5.91 Å². The first kappa shape index (κ1) is 13.1. The fourth-order valence-corrected chi connectivity index (χ4v) is 2.09. The van der Waals surface area contributed by atoms with Gasteiger partial charge >= 0.3 is 0 Å². The second-order valence-electron chi connectivity index (χ2n) is 4.60.